The minimum Gasteiger partial charge on any atom is -0.377 e. The van der Waals surface area contributed by atoms with Crippen LogP contribution in [0.4, 0.5) is 0 Å². The van der Waals surface area contributed by atoms with Gasteiger partial charge < -0.3 is 4.74 Å². The Morgan fingerprint density at radius 2 is 2.07 bits per heavy atom. The molecule has 0 radical (unpaired) electrons. The zero-order valence-corrected chi connectivity index (χ0v) is 17.0. The van der Waals surface area contributed by atoms with Gasteiger partial charge in [0.15, 0.2) is 0 Å². The topological polar surface area (TPSA) is 66.9 Å². The molecular weight excluding hydrogens is 358 g/mol. The number of aromatic nitrogens is 4. The van der Waals surface area contributed by atoms with Crippen molar-refractivity contribution in [1.29, 1.82) is 0 Å². The first-order valence-corrected chi connectivity index (χ1v) is 10.2. The average molecular weight is 386 g/mol. The van der Waals surface area contributed by atoms with Gasteiger partial charge in [0.1, 0.15) is 0 Å². The number of ether oxygens (including phenoxy) is 1. The third-order valence-corrected chi connectivity index (χ3v) is 5.59. The largest absolute Gasteiger partial charge is 0.377 e. The summed E-state index contributed by atoms with van der Waals surface area (Å²) in [4.78, 5) is 3.86. The zero-order valence-electron chi connectivity index (χ0n) is 16.2. The number of nitrogens with one attached hydrogen (secondary N) is 1. The minimum atomic E-state index is 0.148. The van der Waals surface area contributed by atoms with Gasteiger partial charge in [0.2, 0.25) is 5.82 Å². The number of allylic oxidation sites excluding steroid dienone is 1. The number of nitrogens with zero attached hydrogens (tertiary/aromatic N) is 4. The summed E-state index contributed by atoms with van der Waals surface area (Å²) in [5, 5.41) is 14.2. The summed E-state index contributed by atoms with van der Waals surface area (Å²) in [6.07, 6.45) is 5.63. The van der Waals surface area contributed by atoms with E-state index in [-0.39, 0.29) is 6.10 Å². The second kappa shape index (κ2) is 9.82. The number of tetrazole rings is 1. The van der Waals surface area contributed by atoms with Crippen LogP contribution in [-0.2, 0) is 11.3 Å². The molecule has 1 aromatic heterocycles. The van der Waals surface area contributed by atoms with E-state index in [1.807, 2.05) is 11.8 Å². The predicted octanol–water partition coefficient (Wildman–Crippen LogP) is 3.67. The van der Waals surface area contributed by atoms with Crippen LogP contribution in [0.3, 0.4) is 0 Å². The average Bonchev–Trinajstić information content (AvgIpc) is 3.19. The van der Waals surface area contributed by atoms with Gasteiger partial charge in [-0.15, -0.1) is 22.0 Å². The van der Waals surface area contributed by atoms with Gasteiger partial charge in [0.05, 0.1) is 6.10 Å². The Labute approximate surface area is 165 Å². The van der Waals surface area contributed by atoms with Crippen molar-refractivity contribution in [2.24, 2.45) is 0 Å². The molecule has 1 N–H and O–H groups in total. The van der Waals surface area contributed by atoms with Crippen LogP contribution in [-0.4, -0.2) is 57.6 Å². The van der Waals surface area contributed by atoms with Crippen molar-refractivity contribution in [2.75, 3.05) is 26.0 Å². The summed E-state index contributed by atoms with van der Waals surface area (Å²) in [5.41, 5.74) is 3.61. The van der Waals surface area contributed by atoms with E-state index in [2.05, 4.69) is 75.8 Å². The first kappa shape index (κ1) is 19.8. The number of hydrogen-bond donors (Lipinski definition) is 1. The number of benzene rings is 1. The Morgan fingerprint density at radius 1 is 1.26 bits per heavy atom. The molecule has 0 aliphatic carbocycles. The van der Waals surface area contributed by atoms with Crippen LogP contribution in [0.5, 0.6) is 0 Å². The lowest BCUT2D eigenvalue weighted by Gasteiger charge is -2.23. The van der Waals surface area contributed by atoms with Crippen LogP contribution in [0.25, 0.3) is 11.4 Å². The lowest BCUT2D eigenvalue weighted by molar-refractivity contribution is 0.142. The molecule has 27 heavy (non-hydrogen) atoms. The highest BCUT2D eigenvalue weighted by atomic mass is 32.2. The van der Waals surface area contributed by atoms with Gasteiger partial charge in [-0.05, 0) is 36.0 Å². The Bertz CT molecular complexity index is 770. The zero-order chi connectivity index (χ0) is 19.1. The van der Waals surface area contributed by atoms with Crippen molar-refractivity contribution in [3.05, 3.63) is 52.5 Å². The molecule has 3 rings (SSSR count). The molecular formula is C20H27N5OS. The molecule has 0 bridgehead atoms. The van der Waals surface area contributed by atoms with Crippen molar-refractivity contribution in [3.63, 3.8) is 0 Å². The van der Waals surface area contributed by atoms with Crippen LogP contribution in [0, 0.1) is 0 Å². The molecule has 1 aliphatic heterocycles. The highest BCUT2D eigenvalue weighted by Gasteiger charge is 2.12. The molecule has 1 aromatic carbocycles. The van der Waals surface area contributed by atoms with Crippen molar-refractivity contribution < 1.29 is 4.74 Å². The Kier molecular flexibility index (Phi) is 7.20. The third kappa shape index (κ3) is 6.02. The maximum atomic E-state index is 5.62. The molecule has 144 valence electrons. The molecule has 0 amide bonds. The van der Waals surface area contributed by atoms with E-state index in [4.69, 9.17) is 4.74 Å². The van der Waals surface area contributed by atoms with E-state index >= 15 is 0 Å². The van der Waals surface area contributed by atoms with E-state index in [1.165, 1.54) is 16.0 Å². The predicted molar refractivity (Wildman–Crippen MR) is 110 cm³/mol. The van der Waals surface area contributed by atoms with Crippen molar-refractivity contribution in [2.45, 2.75) is 32.9 Å². The normalized spacial score (nSPS) is 23.7. The Balaban J connectivity index is 1.70. The van der Waals surface area contributed by atoms with Crippen LogP contribution < -0.4 is 0 Å². The second-order valence-corrected chi connectivity index (χ2v) is 8.17. The van der Waals surface area contributed by atoms with Crippen LogP contribution in [0.1, 0.15) is 25.8 Å². The van der Waals surface area contributed by atoms with E-state index in [0.29, 0.717) is 5.82 Å². The summed E-state index contributed by atoms with van der Waals surface area (Å²) in [6, 6.07) is 8.40. The first-order valence-electron chi connectivity index (χ1n) is 9.19. The summed E-state index contributed by atoms with van der Waals surface area (Å²) in [6.45, 7) is 7.29. The number of thioether (sulfide) groups is 1. The van der Waals surface area contributed by atoms with Gasteiger partial charge in [0, 0.05) is 38.1 Å². The molecule has 0 spiro atoms. The molecule has 1 atom stereocenters. The van der Waals surface area contributed by atoms with Crippen LogP contribution in [0.15, 0.2) is 46.9 Å². The number of rotatable bonds is 4. The number of H-pyrrole nitrogens is 1. The highest BCUT2D eigenvalue weighted by Crippen LogP contribution is 2.20. The molecule has 1 aliphatic rings. The summed E-state index contributed by atoms with van der Waals surface area (Å²) < 4.78 is 5.62. The summed E-state index contributed by atoms with van der Waals surface area (Å²) in [5.74, 6) is 1.72. The van der Waals surface area contributed by atoms with E-state index in [0.717, 1.165) is 37.4 Å². The molecule has 0 saturated heterocycles. The molecule has 2 aromatic rings. The second-order valence-electron chi connectivity index (χ2n) is 6.83. The van der Waals surface area contributed by atoms with E-state index < -0.39 is 0 Å². The van der Waals surface area contributed by atoms with Crippen LogP contribution >= 0.6 is 11.8 Å². The first-order chi connectivity index (χ1) is 13.1. The lowest BCUT2D eigenvalue weighted by atomic mass is 10.1. The van der Waals surface area contributed by atoms with Crippen molar-refractivity contribution in [1.82, 2.24) is 25.5 Å². The fourth-order valence-electron chi connectivity index (χ4n) is 3.15. The standard InChI is InChI=1S/C20H27N5OS/c1-15-12-19(26-3)9-4-16(2)27-11-10-25(13-15)14-17-5-7-18(8-6-17)20-21-23-24-22-20/h4-8,12,19H,9-11,13-14H2,1-3H3,(H,21,22,23,24)/b15-12+,16-4+. The van der Waals surface area contributed by atoms with Crippen molar-refractivity contribution >= 4 is 11.8 Å². The molecule has 2 heterocycles. The number of hydrogen-bond acceptors (Lipinski definition) is 6. The summed E-state index contributed by atoms with van der Waals surface area (Å²) in [7, 11) is 1.79. The SMILES string of the molecule is COC1/C=C(\C)CN(Cc2ccc(-c3nn[nH]n3)cc2)CCS/C(C)=C/C1. The fraction of sp³-hybridized carbons (Fsp3) is 0.450. The van der Waals surface area contributed by atoms with Gasteiger partial charge in [-0.25, -0.2) is 0 Å². The molecule has 6 nitrogen and oxygen atoms in total. The van der Waals surface area contributed by atoms with Gasteiger partial charge in [0.25, 0.3) is 0 Å². The highest BCUT2D eigenvalue weighted by molar-refractivity contribution is 8.03. The van der Waals surface area contributed by atoms with E-state index in [9.17, 15) is 0 Å². The Morgan fingerprint density at radius 3 is 2.78 bits per heavy atom. The monoisotopic (exact) mass is 385 g/mol. The fourth-order valence-corrected chi connectivity index (χ4v) is 4.03. The minimum absolute atomic E-state index is 0.148. The third-order valence-electron chi connectivity index (χ3n) is 4.58. The maximum absolute atomic E-state index is 5.62. The van der Waals surface area contributed by atoms with Gasteiger partial charge in [-0.3, -0.25) is 4.90 Å². The van der Waals surface area contributed by atoms with E-state index in [1.54, 1.807) is 7.11 Å². The molecule has 0 saturated carbocycles. The van der Waals surface area contributed by atoms with Crippen LogP contribution in [0.2, 0.25) is 0 Å². The quantitative estimate of drug-likeness (QED) is 0.810. The maximum Gasteiger partial charge on any atom is 0.204 e. The van der Waals surface area contributed by atoms with Gasteiger partial charge >= 0.3 is 0 Å². The Hall–Kier alpha value is -1.96. The lowest BCUT2D eigenvalue weighted by Crippen LogP contribution is -2.28. The van der Waals surface area contributed by atoms with Gasteiger partial charge in [-0.2, -0.15) is 5.21 Å². The summed E-state index contributed by atoms with van der Waals surface area (Å²) >= 11 is 1.93. The molecule has 0 fully saturated rings. The smallest absolute Gasteiger partial charge is 0.204 e. The number of methoxy groups -OCH3 is 1. The molecule has 7 heteroatoms. The molecule has 1 unspecified atom stereocenters. The van der Waals surface area contributed by atoms with Crippen molar-refractivity contribution in [3.8, 4) is 11.4 Å². The number of aromatic amines is 1. The van der Waals surface area contributed by atoms with Gasteiger partial charge in [-0.1, -0.05) is 42.0 Å².